The zero-order chi connectivity index (χ0) is 16.0. The first-order valence-corrected chi connectivity index (χ1v) is 8.23. The molecule has 1 aliphatic carbocycles. The Labute approximate surface area is 147 Å². The van der Waals surface area contributed by atoms with Gasteiger partial charge in [-0.2, -0.15) is 0 Å². The Kier molecular flexibility index (Phi) is 4.64. The van der Waals surface area contributed by atoms with Gasteiger partial charge in [0, 0.05) is 19.0 Å². The van der Waals surface area contributed by atoms with E-state index in [2.05, 4.69) is 0 Å². The molecule has 1 saturated heterocycles. The van der Waals surface area contributed by atoms with Crippen LogP contribution in [0, 0.1) is 0 Å². The van der Waals surface area contributed by atoms with Crippen molar-refractivity contribution < 1.29 is 19.4 Å². The minimum atomic E-state index is -0.689. The maximum Gasteiger partial charge on any atom is 0.242 e. The number of carbonyl (C=O) groups is 1. The van der Waals surface area contributed by atoms with Gasteiger partial charge in [0.05, 0.1) is 11.6 Å². The topological polar surface area (TPSA) is 85.0 Å². The van der Waals surface area contributed by atoms with Crippen LogP contribution in [0.4, 0.5) is 0 Å². The number of β-amino-alcohol motifs (C(OH)–C–C–N with tert-alkyl or cyclic N) is 1. The maximum atomic E-state index is 12.5. The van der Waals surface area contributed by atoms with E-state index in [4.69, 9.17) is 15.2 Å². The quantitative estimate of drug-likeness (QED) is 0.838. The Morgan fingerprint density at radius 1 is 1.29 bits per heavy atom. The molecule has 2 atom stereocenters. The molecule has 6 nitrogen and oxygen atoms in total. The van der Waals surface area contributed by atoms with Gasteiger partial charge in [-0.15, -0.1) is 12.4 Å². The van der Waals surface area contributed by atoms with E-state index >= 15 is 0 Å². The fraction of sp³-hybridized carbons (Fsp3) is 0.588. The lowest BCUT2D eigenvalue weighted by Gasteiger charge is -2.44. The minimum Gasteiger partial charge on any atom is -0.454 e. The normalized spacial score (nSPS) is 27.2. The SMILES string of the molecule is Cl.NC1(C(=O)N2CC[C@@H](c3ccc4c(c3)OCO4)[C@H](O)C2)CCC1. The van der Waals surface area contributed by atoms with Gasteiger partial charge >= 0.3 is 0 Å². The maximum absolute atomic E-state index is 12.5. The molecule has 0 bridgehead atoms. The van der Waals surface area contributed by atoms with Crippen LogP contribution >= 0.6 is 12.4 Å². The highest BCUT2D eigenvalue weighted by Gasteiger charge is 2.44. The zero-order valence-electron chi connectivity index (χ0n) is 13.4. The van der Waals surface area contributed by atoms with E-state index in [9.17, 15) is 9.90 Å². The Morgan fingerprint density at radius 3 is 2.71 bits per heavy atom. The van der Waals surface area contributed by atoms with E-state index in [1.165, 1.54) is 0 Å². The predicted octanol–water partition coefficient (Wildman–Crippen LogP) is 1.40. The summed E-state index contributed by atoms with van der Waals surface area (Å²) in [6, 6.07) is 5.78. The van der Waals surface area contributed by atoms with E-state index < -0.39 is 11.6 Å². The van der Waals surface area contributed by atoms with Crippen LogP contribution in [-0.2, 0) is 4.79 Å². The first-order valence-electron chi connectivity index (χ1n) is 8.23. The van der Waals surface area contributed by atoms with Gasteiger partial charge in [-0.1, -0.05) is 6.07 Å². The number of carbonyl (C=O) groups excluding carboxylic acids is 1. The number of nitrogens with zero attached hydrogens (tertiary/aromatic N) is 1. The van der Waals surface area contributed by atoms with Crippen molar-refractivity contribution in [1.29, 1.82) is 0 Å². The van der Waals surface area contributed by atoms with Crippen LogP contribution in [0.1, 0.15) is 37.2 Å². The van der Waals surface area contributed by atoms with Gasteiger partial charge in [0.15, 0.2) is 11.5 Å². The van der Waals surface area contributed by atoms with E-state index in [0.717, 1.165) is 42.7 Å². The third kappa shape index (κ3) is 2.83. The third-order valence-electron chi connectivity index (χ3n) is 5.37. The number of benzene rings is 1. The highest BCUT2D eigenvalue weighted by atomic mass is 35.5. The lowest BCUT2D eigenvalue weighted by molar-refractivity contribution is -0.143. The predicted molar refractivity (Wildman–Crippen MR) is 90.5 cm³/mol. The largest absolute Gasteiger partial charge is 0.454 e. The molecule has 1 saturated carbocycles. The highest BCUT2D eigenvalue weighted by molar-refractivity contribution is 5.87. The molecule has 0 radical (unpaired) electrons. The second-order valence-electron chi connectivity index (χ2n) is 6.84. The molecule has 0 aromatic heterocycles. The molecule has 132 valence electrons. The number of piperidine rings is 1. The fourth-order valence-corrected chi connectivity index (χ4v) is 3.74. The number of aliphatic hydroxyl groups is 1. The summed E-state index contributed by atoms with van der Waals surface area (Å²) in [6.07, 6.45) is 2.66. The van der Waals surface area contributed by atoms with Gasteiger partial charge in [0.1, 0.15) is 0 Å². The monoisotopic (exact) mass is 354 g/mol. The van der Waals surface area contributed by atoms with Crippen LogP contribution in [0.2, 0.25) is 0 Å². The molecule has 2 heterocycles. The summed E-state index contributed by atoms with van der Waals surface area (Å²) in [7, 11) is 0. The van der Waals surface area contributed by atoms with Crippen LogP contribution in [0.3, 0.4) is 0 Å². The fourth-order valence-electron chi connectivity index (χ4n) is 3.74. The molecule has 2 aliphatic heterocycles. The summed E-state index contributed by atoms with van der Waals surface area (Å²) in [6.45, 7) is 1.22. The Bertz CT molecular complexity index is 635. The lowest BCUT2D eigenvalue weighted by atomic mass is 9.76. The molecule has 4 rings (SSSR count). The van der Waals surface area contributed by atoms with Crippen molar-refractivity contribution in [3.63, 3.8) is 0 Å². The molecule has 3 N–H and O–H groups in total. The summed E-state index contributed by atoms with van der Waals surface area (Å²) in [4.78, 5) is 14.2. The van der Waals surface area contributed by atoms with Gasteiger partial charge < -0.3 is 25.2 Å². The lowest BCUT2D eigenvalue weighted by Crippen LogP contribution is -2.61. The molecule has 2 fully saturated rings. The average molecular weight is 355 g/mol. The average Bonchev–Trinajstić information content (AvgIpc) is 2.99. The smallest absolute Gasteiger partial charge is 0.242 e. The number of hydrogen-bond donors (Lipinski definition) is 2. The van der Waals surface area contributed by atoms with Gasteiger partial charge in [-0.25, -0.2) is 0 Å². The van der Waals surface area contributed by atoms with Crippen LogP contribution in [0.5, 0.6) is 11.5 Å². The summed E-state index contributed by atoms with van der Waals surface area (Å²) in [5.74, 6) is 1.46. The van der Waals surface area contributed by atoms with E-state index in [0.29, 0.717) is 13.1 Å². The number of fused-ring (bicyclic) bond motifs is 1. The summed E-state index contributed by atoms with van der Waals surface area (Å²) in [5.41, 5.74) is 6.47. The molecule has 1 amide bonds. The van der Waals surface area contributed by atoms with Crippen LogP contribution in [-0.4, -0.2) is 47.4 Å². The number of nitrogens with two attached hydrogens (primary N) is 1. The first kappa shape index (κ1) is 17.3. The van der Waals surface area contributed by atoms with Crippen LogP contribution < -0.4 is 15.2 Å². The van der Waals surface area contributed by atoms with E-state index in [1.807, 2.05) is 18.2 Å². The molecule has 0 spiro atoms. The molecule has 3 aliphatic rings. The first-order chi connectivity index (χ1) is 11.1. The molecular weight excluding hydrogens is 332 g/mol. The van der Waals surface area contributed by atoms with E-state index in [1.54, 1.807) is 4.90 Å². The molecular formula is C17H23ClN2O4. The summed E-state index contributed by atoms with van der Waals surface area (Å²) < 4.78 is 10.7. The third-order valence-corrected chi connectivity index (χ3v) is 5.37. The van der Waals surface area contributed by atoms with Crippen molar-refractivity contribution in [3.05, 3.63) is 23.8 Å². The minimum absolute atomic E-state index is 0. The second-order valence-corrected chi connectivity index (χ2v) is 6.84. The zero-order valence-corrected chi connectivity index (χ0v) is 14.3. The number of halogens is 1. The molecule has 7 heteroatoms. The standard InChI is InChI=1S/C17H22N2O4.ClH/c18-17(5-1-6-17)16(21)19-7-4-12(13(20)9-19)11-2-3-14-15(8-11)23-10-22-14;/h2-3,8,12-13,20H,1,4-7,9-10,18H2;1H/t12-,13+;/m0./s1. The Morgan fingerprint density at radius 2 is 2.04 bits per heavy atom. The molecule has 1 aromatic carbocycles. The molecule has 0 unspecified atom stereocenters. The van der Waals surface area contributed by atoms with Crippen molar-refractivity contribution in [3.8, 4) is 11.5 Å². The van der Waals surface area contributed by atoms with Crippen molar-refractivity contribution in [2.45, 2.75) is 43.2 Å². The van der Waals surface area contributed by atoms with Gasteiger partial charge in [0.25, 0.3) is 0 Å². The summed E-state index contributed by atoms with van der Waals surface area (Å²) in [5, 5.41) is 10.5. The molecule has 24 heavy (non-hydrogen) atoms. The number of rotatable bonds is 2. The highest BCUT2D eigenvalue weighted by Crippen LogP contribution is 2.38. The van der Waals surface area contributed by atoms with Crippen molar-refractivity contribution in [2.75, 3.05) is 19.9 Å². The second kappa shape index (κ2) is 6.43. The number of ether oxygens (including phenoxy) is 2. The van der Waals surface area contributed by atoms with Crippen molar-refractivity contribution in [1.82, 2.24) is 4.90 Å². The van der Waals surface area contributed by atoms with Crippen molar-refractivity contribution >= 4 is 18.3 Å². The van der Waals surface area contributed by atoms with Gasteiger partial charge in [-0.05, 0) is 43.4 Å². The molecule has 1 aromatic rings. The van der Waals surface area contributed by atoms with Crippen LogP contribution in [0.25, 0.3) is 0 Å². The number of amides is 1. The van der Waals surface area contributed by atoms with Gasteiger partial charge in [-0.3, -0.25) is 4.79 Å². The van der Waals surface area contributed by atoms with Crippen molar-refractivity contribution in [2.24, 2.45) is 5.73 Å². The number of hydrogen-bond acceptors (Lipinski definition) is 5. The Balaban J connectivity index is 0.00000169. The summed E-state index contributed by atoms with van der Waals surface area (Å²) >= 11 is 0. The number of likely N-dealkylation sites (tertiary alicyclic amines) is 1. The van der Waals surface area contributed by atoms with Gasteiger partial charge in [0.2, 0.25) is 12.7 Å². The number of aliphatic hydroxyl groups excluding tert-OH is 1. The van der Waals surface area contributed by atoms with Crippen LogP contribution in [0.15, 0.2) is 18.2 Å². The van der Waals surface area contributed by atoms with E-state index in [-0.39, 0.29) is 31.0 Å². The Hall–Kier alpha value is -1.50.